The molecular weight excluding hydrogens is 270 g/mol. The van der Waals surface area contributed by atoms with Crippen molar-refractivity contribution in [1.29, 1.82) is 0 Å². The molecule has 0 unspecified atom stereocenters. The average Bonchev–Trinajstić information content (AvgIpc) is 2.91. The fraction of sp³-hybridized carbons (Fsp3) is 0.200. The summed E-state index contributed by atoms with van der Waals surface area (Å²) in [4.78, 5) is 16.1. The highest BCUT2D eigenvalue weighted by atomic mass is 16.7. The summed E-state index contributed by atoms with van der Waals surface area (Å²) in [6.45, 7) is 2.43. The van der Waals surface area contributed by atoms with E-state index < -0.39 is 0 Å². The molecule has 6 heteroatoms. The topological polar surface area (TPSA) is 86.5 Å². The van der Waals surface area contributed by atoms with Crippen molar-refractivity contribution in [2.24, 2.45) is 0 Å². The van der Waals surface area contributed by atoms with Crippen LogP contribution in [0.15, 0.2) is 30.3 Å². The van der Waals surface area contributed by atoms with Crippen LogP contribution >= 0.6 is 0 Å². The molecule has 1 amide bonds. The number of carbonyl (C=O) groups excluding carboxylic acids is 1. The van der Waals surface area contributed by atoms with Gasteiger partial charge in [-0.15, -0.1) is 0 Å². The van der Waals surface area contributed by atoms with E-state index in [0.29, 0.717) is 29.4 Å². The number of nitrogens with two attached hydrogens (primary N) is 1. The van der Waals surface area contributed by atoms with E-state index in [0.717, 1.165) is 11.3 Å². The van der Waals surface area contributed by atoms with Crippen LogP contribution < -0.4 is 20.5 Å². The highest BCUT2D eigenvalue weighted by Crippen LogP contribution is 2.32. The molecule has 3 rings (SSSR count). The third-order valence-corrected chi connectivity index (χ3v) is 3.13. The van der Waals surface area contributed by atoms with Crippen LogP contribution in [-0.2, 0) is 6.54 Å². The van der Waals surface area contributed by atoms with Crippen LogP contribution in [0.25, 0.3) is 0 Å². The fourth-order valence-corrected chi connectivity index (χ4v) is 2.16. The minimum absolute atomic E-state index is 0.190. The molecular formula is C15H15N3O3. The van der Waals surface area contributed by atoms with Crippen LogP contribution in [0.5, 0.6) is 11.5 Å². The van der Waals surface area contributed by atoms with Crippen molar-refractivity contribution in [3.63, 3.8) is 0 Å². The number of carbonyl (C=O) groups is 1. The van der Waals surface area contributed by atoms with E-state index in [-0.39, 0.29) is 12.7 Å². The quantitative estimate of drug-likeness (QED) is 0.895. The van der Waals surface area contributed by atoms with Crippen LogP contribution in [0.4, 0.5) is 5.82 Å². The number of benzene rings is 1. The van der Waals surface area contributed by atoms with E-state index in [1.54, 1.807) is 19.1 Å². The number of nitrogen functional groups attached to an aromatic ring is 1. The predicted molar refractivity (Wildman–Crippen MR) is 77.1 cm³/mol. The Bertz CT molecular complexity index is 680. The Morgan fingerprint density at radius 1 is 1.29 bits per heavy atom. The Balaban J connectivity index is 1.68. The first-order valence-electron chi connectivity index (χ1n) is 6.53. The third kappa shape index (κ3) is 2.89. The standard InChI is InChI=1S/C15H15N3O3/c1-9-4-11(6-14(16)18-9)15(19)17-7-10-2-3-12-13(5-10)21-8-20-12/h2-6H,7-8H2,1H3,(H2,16,18)(H,17,19). The summed E-state index contributed by atoms with van der Waals surface area (Å²) in [6, 6.07) is 8.83. The van der Waals surface area contributed by atoms with Crippen LogP contribution in [0.1, 0.15) is 21.6 Å². The SMILES string of the molecule is Cc1cc(C(=O)NCc2ccc3c(c2)OCO3)cc(N)n1. The smallest absolute Gasteiger partial charge is 0.251 e. The van der Waals surface area contributed by atoms with Gasteiger partial charge in [-0.05, 0) is 36.8 Å². The first-order valence-corrected chi connectivity index (χ1v) is 6.53. The number of fused-ring (bicyclic) bond motifs is 1. The van der Waals surface area contributed by atoms with E-state index >= 15 is 0 Å². The number of hydrogen-bond acceptors (Lipinski definition) is 5. The Morgan fingerprint density at radius 3 is 2.90 bits per heavy atom. The molecule has 1 aliphatic heterocycles. The number of nitrogens with zero attached hydrogens (tertiary/aromatic N) is 1. The van der Waals surface area contributed by atoms with E-state index in [1.165, 1.54) is 0 Å². The Kier molecular flexibility index (Phi) is 3.35. The number of amides is 1. The number of aromatic nitrogens is 1. The fourth-order valence-electron chi connectivity index (χ4n) is 2.16. The lowest BCUT2D eigenvalue weighted by Gasteiger charge is -2.07. The van der Waals surface area contributed by atoms with Gasteiger partial charge in [0.15, 0.2) is 11.5 Å². The van der Waals surface area contributed by atoms with Gasteiger partial charge in [0, 0.05) is 17.8 Å². The Hall–Kier alpha value is -2.76. The molecule has 0 bridgehead atoms. The maximum Gasteiger partial charge on any atom is 0.251 e. The van der Waals surface area contributed by atoms with E-state index in [1.807, 2.05) is 18.2 Å². The van der Waals surface area contributed by atoms with Gasteiger partial charge in [0.2, 0.25) is 6.79 Å². The normalized spacial score (nSPS) is 12.2. The van der Waals surface area contributed by atoms with Gasteiger partial charge in [-0.1, -0.05) is 6.07 Å². The van der Waals surface area contributed by atoms with Crippen molar-refractivity contribution in [1.82, 2.24) is 10.3 Å². The Labute approximate surface area is 121 Å². The molecule has 0 saturated heterocycles. The minimum atomic E-state index is -0.190. The summed E-state index contributed by atoms with van der Waals surface area (Å²) in [7, 11) is 0. The van der Waals surface area contributed by atoms with Crippen molar-refractivity contribution in [3.05, 3.63) is 47.2 Å². The lowest BCUT2D eigenvalue weighted by molar-refractivity contribution is 0.0950. The van der Waals surface area contributed by atoms with Gasteiger partial charge < -0.3 is 20.5 Å². The largest absolute Gasteiger partial charge is 0.454 e. The molecule has 0 saturated carbocycles. The number of aryl methyl sites for hydroxylation is 1. The van der Waals surface area contributed by atoms with Gasteiger partial charge in [0.05, 0.1) is 0 Å². The number of anilines is 1. The van der Waals surface area contributed by atoms with Crippen LogP contribution in [0.3, 0.4) is 0 Å². The molecule has 3 N–H and O–H groups in total. The molecule has 0 radical (unpaired) electrons. The molecule has 2 heterocycles. The molecule has 0 aliphatic carbocycles. The van der Waals surface area contributed by atoms with Gasteiger partial charge in [-0.3, -0.25) is 4.79 Å². The number of hydrogen-bond donors (Lipinski definition) is 2. The molecule has 1 aromatic carbocycles. The molecule has 1 aliphatic rings. The maximum atomic E-state index is 12.1. The monoisotopic (exact) mass is 285 g/mol. The lowest BCUT2D eigenvalue weighted by atomic mass is 10.1. The second kappa shape index (κ2) is 5.32. The van der Waals surface area contributed by atoms with Crippen molar-refractivity contribution in [2.75, 3.05) is 12.5 Å². The zero-order chi connectivity index (χ0) is 14.8. The Morgan fingerprint density at radius 2 is 2.10 bits per heavy atom. The van der Waals surface area contributed by atoms with Gasteiger partial charge >= 0.3 is 0 Å². The summed E-state index contributed by atoms with van der Waals surface area (Å²) in [5.74, 6) is 1.57. The molecule has 21 heavy (non-hydrogen) atoms. The van der Waals surface area contributed by atoms with E-state index in [2.05, 4.69) is 10.3 Å². The molecule has 0 atom stereocenters. The number of rotatable bonds is 3. The number of pyridine rings is 1. The van der Waals surface area contributed by atoms with Crippen molar-refractivity contribution < 1.29 is 14.3 Å². The average molecular weight is 285 g/mol. The van der Waals surface area contributed by atoms with Crippen LogP contribution in [0, 0.1) is 6.92 Å². The zero-order valence-electron chi connectivity index (χ0n) is 11.6. The predicted octanol–water partition coefficient (Wildman–Crippen LogP) is 1.63. The summed E-state index contributed by atoms with van der Waals surface area (Å²) in [5.41, 5.74) is 7.79. The first-order chi connectivity index (χ1) is 10.1. The third-order valence-electron chi connectivity index (χ3n) is 3.13. The van der Waals surface area contributed by atoms with Gasteiger partial charge in [0.1, 0.15) is 5.82 Å². The second-order valence-electron chi connectivity index (χ2n) is 4.79. The molecule has 6 nitrogen and oxygen atoms in total. The number of nitrogens with one attached hydrogen (secondary N) is 1. The molecule has 0 spiro atoms. The highest BCUT2D eigenvalue weighted by Gasteiger charge is 2.14. The molecule has 108 valence electrons. The summed E-state index contributed by atoms with van der Waals surface area (Å²) >= 11 is 0. The zero-order valence-corrected chi connectivity index (χ0v) is 11.6. The van der Waals surface area contributed by atoms with Gasteiger partial charge in [0.25, 0.3) is 5.91 Å². The first kappa shape index (κ1) is 13.2. The molecule has 0 fully saturated rings. The van der Waals surface area contributed by atoms with Crippen molar-refractivity contribution in [3.8, 4) is 11.5 Å². The highest BCUT2D eigenvalue weighted by molar-refractivity contribution is 5.94. The van der Waals surface area contributed by atoms with Gasteiger partial charge in [-0.2, -0.15) is 0 Å². The van der Waals surface area contributed by atoms with Crippen molar-refractivity contribution >= 4 is 11.7 Å². The second-order valence-corrected chi connectivity index (χ2v) is 4.79. The summed E-state index contributed by atoms with van der Waals surface area (Å²) in [5, 5.41) is 2.84. The summed E-state index contributed by atoms with van der Waals surface area (Å²) < 4.78 is 10.5. The van der Waals surface area contributed by atoms with Crippen molar-refractivity contribution in [2.45, 2.75) is 13.5 Å². The molecule has 2 aromatic rings. The number of ether oxygens (including phenoxy) is 2. The maximum absolute atomic E-state index is 12.1. The van der Waals surface area contributed by atoms with E-state index in [4.69, 9.17) is 15.2 Å². The molecule has 1 aromatic heterocycles. The lowest BCUT2D eigenvalue weighted by Crippen LogP contribution is -2.23. The minimum Gasteiger partial charge on any atom is -0.454 e. The van der Waals surface area contributed by atoms with Crippen LogP contribution in [-0.4, -0.2) is 17.7 Å². The summed E-state index contributed by atoms with van der Waals surface area (Å²) in [6.07, 6.45) is 0. The van der Waals surface area contributed by atoms with E-state index in [9.17, 15) is 4.79 Å². The van der Waals surface area contributed by atoms with Gasteiger partial charge in [-0.25, -0.2) is 4.98 Å². The van der Waals surface area contributed by atoms with Crippen LogP contribution in [0.2, 0.25) is 0 Å².